The van der Waals surface area contributed by atoms with Gasteiger partial charge in [0, 0.05) is 5.41 Å². The van der Waals surface area contributed by atoms with E-state index in [0.29, 0.717) is 35.7 Å². The third kappa shape index (κ3) is 4.61. The number of aliphatic hydroxyl groups is 1. The maximum absolute atomic E-state index is 13.0. The molecule has 0 heterocycles. The van der Waals surface area contributed by atoms with E-state index >= 15 is 0 Å². The number of allylic oxidation sites excluding steroid dienone is 1. The van der Waals surface area contributed by atoms with Crippen molar-refractivity contribution in [2.45, 2.75) is 118 Å². The third-order valence-electron chi connectivity index (χ3n) is 13.4. The Morgan fingerprint density at radius 2 is 1.59 bits per heavy atom. The number of hydrogen-bond acceptors (Lipinski definition) is 4. The van der Waals surface area contributed by atoms with Crippen LogP contribution < -0.4 is 0 Å². The Morgan fingerprint density at radius 1 is 0.923 bits per heavy atom. The summed E-state index contributed by atoms with van der Waals surface area (Å²) >= 11 is 0. The summed E-state index contributed by atoms with van der Waals surface area (Å²) < 4.78 is 6.03. The van der Waals surface area contributed by atoms with Crippen LogP contribution in [-0.2, 0) is 14.3 Å². The molecule has 220 valence electrons. The lowest BCUT2D eigenvalue weighted by molar-refractivity contribution is -0.188. The molecule has 0 aliphatic heterocycles. The van der Waals surface area contributed by atoms with Gasteiger partial charge in [-0.3, -0.25) is 9.59 Å². The van der Waals surface area contributed by atoms with Crippen molar-refractivity contribution in [2.75, 3.05) is 6.61 Å². The zero-order valence-corrected chi connectivity index (χ0v) is 25.4. The molecule has 0 saturated heterocycles. The highest BCUT2D eigenvalue weighted by Gasteiger charge is 2.64. The first-order valence-electron chi connectivity index (χ1n) is 15.9. The molecule has 0 unspecified atom stereocenters. The first kappa shape index (κ1) is 29.1. The fraction of sp³-hybridized carbons (Fsp3) is 0.882. The molecule has 5 aliphatic carbocycles. The van der Waals surface area contributed by atoms with Gasteiger partial charge in [0.05, 0.1) is 24.5 Å². The van der Waals surface area contributed by atoms with Crippen molar-refractivity contribution in [3.8, 4) is 0 Å². The SMILES string of the molecule is C=C(C)[C@@H]1CC[C@]2(COC(=O)C(C)(C)CC(=O)O)CC[C@@H]3[C@H](CC[C@H]4[C@H]3CC[C@H]3C(C)(C)[C@@H](O)CC[C@]43C)[C@@H]12. The summed E-state index contributed by atoms with van der Waals surface area (Å²) in [5, 5.41) is 20.2. The molecule has 2 N–H and O–H groups in total. The first-order valence-corrected chi connectivity index (χ1v) is 15.9. The van der Waals surface area contributed by atoms with Crippen molar-refractivity contribution < 1.29 is 24.5 Å². The van der Waals surface area contributed by atoms with Gasteiger partial charge < -0.3 is 14.9 Å². The predicted molar refractivity (Wildman–Crippen MR) is 153 cm³/mol. The average molecular weight is 543 g/mol. The lowest BCUT2D eigenvalue weighted by Gasteiger charge is -2.65. The molecule has 10 atom stereocenters. The van der Waals surface area contributed by atoms with Crippen LogP contribution in [0, 0.1) is 63.1 Å². The Labute approximate surface area is 236 Å². The van der Waals surface area contributed by atoms with Gasteiger partial charge in [-0.05, 0) is 137 Å². The van der Waals surface area contributed by atoms with Gasteiger partial charge in [0.25, 0.3) is 0 Å². The highest BCUT2D eigenvalue weighted by molar-refractivity contribution is 5.82. The molecule has 0 spiro atoms. The Morgan fingerprint density at radius 3 is 2.26 bits per heavy atom. The summed E-state index contributed by atoms with van der Waals surface area (Å²) in [5.41, 5.74) is 0.561. The Kier molecular flexibility index (Phi) is 7.38. The second-order valence-corrected chi connectivity index (χ2v) is 16.1. The number of aliphatic hydroxyl groups excluding tert-OH is 1. The van der Waals surface area contributed by atoms with Crippen LogP contribution in [0.25, 0.3) is 0 Å². The number of rotatable bonds is 6. The number of carbonyl (C=O) groups is 2. The summed E-state index contributed by atoms with van der Waals surface area (Å²) in [7, 11) is 0. The minimum Gasteiger partial charge on any atom is -0.481 e. The molecule has 5 saturated carbocycles. The second kappa shape index (κ2) is 9.88. The normalized spacial score (nSPS) is 44.8. The number of hydrogen-bond donors (Lipinski definition) is 2. The second-order valence-electron chi connectivity index (χ2n) is 16.1. The van der Waals surface area contributed by atoms with Crippen LogP contribution in [0.4, 0.5) is 0 Å². The molecule has 0 bridgehead atoms. The fourth-order valence-corrected chi connectivity index (χ4v) is 11.5. The van der Waals surface area contributed by atoms with Crippen molar-refractivity contribution in [3.05, 3.63) is 12.2 Å². The monoisotopic (exact) mass is 542 g/mol. The molecular weight excluding hydrogens is 488 g/mol. The van der Waals surface area contributed by atoms with E-state index in [2.05, 4.69) is 34.3 Å². The van der Waals surface area contributed by atoms with Crippen LogP contribution in [-0.4, -0.2) is 34.9 Å². The van der Waals surface area contributed by atoms with E-state index in [4.69, 9.17) is 4.74 Å². The lowest BCUT2D eigenvalue weighted by Crippen LogP contribution is -2.60. The topological polar surface area (TPSA) is 83.8 Å². The molecule has 0 radical (unpaired) electrons. The molecule has 0 amide bonds. The van der Waals surface area contributed by atoms with Crippen LogP contribution in [0.3, 0.4) is 0 Å². The van der Waals surface area contributed by atoms with Crippen molar-refractivity contribution in [3.63, 3.8) is 0 Å². The standard InChI is InChI=1S/C34H54O5/c1-20(2)21-12-16-34(19-39-30(38)31(3,4)18-28(36)37)17-13-22-23-9-11-26-32(5,6)27(35)14-15-33(26,7)25(23)10-8-24(22)29(21)34/h21-27,29,35H,1,8-19H2,2-7H3,(H,36,37)/t21-,22-,23-,24-,25-,26-,27-,29+,33+,34+/m0/s1. The van der Waals surface area contributed by atoms with Crippen LogP contribution in [0.1, 0.15) is 112 Å². The Bertz CT molecular complexity index is 998. The fourth-order valence-electron chi connectivity index (χ4n) is 11.5. The van der Waals surface area contributed by atoms with Crippen LogP contribution in [0.5, 0.6) is 0 Å². The van der Waals surface area contributed by atoms with Gasteiger partial charge in [-0.2, -0.15) is 0 Å². The minimum absolute atomic E-state index is 0.00860. The zero-order chi connectivity index (χ0) is 28.5. The van der Waals surface area contributed by atoms with Gasteiger partial charge >= 0.3 is 11.9 Å². The predicted octanol–water partition coefficient (Wildman–Crippen LogP) is 7.27. The van der Waals surface area contributed by atoms with Gasteiger partial charge in [0.2, 0.25) is 0 Å². The van der Waals surface area contributed by atoms with Crippen LogP contribution >= 0.6 is 0 Å². The minimum atomic E-state index is -1.02. The van der Waals surface area contributed by atoms with Gasteiger partial charge in [-0.25, -0.2) is 0 Å². The maximum Gasteiger partial charge on any atom is 0.312 e. The van der Waals surface area contributed by atoms with E-state index in [1.54, 1.807) is 13.8 Å². The maximum atomic E-state index is 13.0. The van der Waals surface area contributed by atoms with Crippen LogP contribution in [0.2, 0.25) is 0 Å². The van der Waals surface area contributed by atoms with Gasteiger partial charge in [-0.15, -0.1) is 0 Å². The molecule has 5 fully saturated rings. The Hall–Kier alpha value is -1.36. The van der Waals surface area contributed by atoms with E-state index in [1.807, 2.05) is 0 Å². The smallest absolute Gasteiger partial charge is 0.312 e. The number of aliphatic carboxylic acids is 1. The van der Waals surface area contributed by atoms with Crippen LogP contribution in [0.15, 0.2) is 12.2 Å². The highest BCUT2D eigenvalue weighted by Crippen LogP contribution is 2.70. The van der Waals surface area contributed by atoms with Crippen molar-refractivity contribution in [1.29, 1.82) is 0 Å². The molecule has 5 heteroatoms. The van der Waals surface area contributed by atoms with E-state index in [0.717, 1.165) is 49.9 Å². The highest BCUT2D eigenvalue weighted by atomic mass is 16.5. The molecular formula is C34H54O5. The van der Waals surface area contributed by atoms with E-state index in [1.165, 1.54) is 37.7 Å². The van der Waals surface area contributed by atoms with Crippen molar-refractivity contribution in [2.24, 2.45) is 63.1 Å². The summed E-state index contributed by atoms with van der Waals surface area (Å²) in [6.45, 7) is 17.6. The third-order valence-corrected chi connectivity index (χ3v) is 13.4. The Balaban J connectivity index is 1.38. The molecule has 5 nitrogen and oxygen atoms in total. The lowest BCUT2D eigenvalue weighted by atomic mass is 9.40. The molecule has 0 aromatic carbocycles. The summed E-state index contributed by atoms with van der Waals surface area (Å²) in [6, 6.07) is 0. The number of ether oxygens (including phenoxy) is 1. The number of carboxylic acids is 1. The quantitative estimate of drug-likeness (QED) is 0.272. The number of esters is 1. The largest absolute Gasteiger partial charge is 0.481 e. The first-order chi connectivity index (χ1) is 18.1. The molecule has 5 rings (SSSR count). The van der Waals surface area contributed by atoms with Crippen molar-refractivity contribution in [1.82, 2.24) is 0 Å². The zero-order valence-electron chi connectivity index (χ0n) is 25.4. The van der Waals surface area contributed by atoms with E-state index < -0.39 is 11.4 Å². The average Bonchev–Trinajstić information content (AvgIpc) is 3.24. The summed E-state index contributed by atoms with van der Waals surface area (Å²) in [4.78, 5) is 24.4. The molecule has 0 aromatic rings. The number of fused-ring (bicyclic) bond motifs is 7. The van der Waals surface area contributed by atoms with E-state index in [-0.39, 0.29) is 29.3 Å². The van der Waals surface area contributed by atoms with E-state index in [9.17, 15) is 19.8 Å². The van der Waals surface area contributed by atoms with Gasteiger partial charge in [0.1, 0.15) is 0 Å². The van der Waals surface area contributed by atoms with Crippen molar-refractivity contribution >= 4 is 11.9 Å². The summed E-state index contributed by atoms with van der Waals surface area (Å²) in [6.07, 6.45) is 11.3. The van der Waals surface area contributed by atoms with Gasteiger partial charge in [0.15, 0.2) is 0 Å². The number of carbonyl (C=O) groups excluding carboxylic acids is 1. The summed E-state index contributed by atoms with van der Waals surface area (Å²) in [5.74, 6) is 3.12. The molecule has 39 heavy (non-hydrogen) atoms. The number of carboxylic acid groups (broad SMARTS) is 1. The van der Waals surface area contributed by atoms with Gasteiger partial charge in [-0.1, -0.05) is 32.9 Å². The molecule has 5 aliphatic rings. The molecule has 0 aromatic heterocycles.